The second kappa shape index (κ2) is 4.19. The highest BCUT2D eigenvalue weighted by Gasteiger charge is 2.22. The second-order valence-electron chi connectivity index (χ2n) is 3.08. The van der Waals surface area contributed by atoms with E-state index in [-0.39, 0.29) is 11.3 Å². The van der Waals surface area contributed by atoms with E-state index in [2.05, 4.69) is 5.16 Å². The number of carboxylic acid groups (broad SMARTS) is 1. The van der Waals surface area contributed by atoms with Gasteiger partial charge in [0, 0.05) is 12.7 Å². The van der Waals surface area contributed by atoms with Gasteiger partial charge in [0.2, 0.25) is 5.76 Å². The lowest BCUT2D eigenvalue weighted by atomic mass is 10.1. The Morgan fingerprint density at radius 1 is 1.56 bits per heavy atom. The van der Waals surface area contributed by atoms with Gasteiger partial charge in [-0.2, -0.15) is 0 Å². The Hall–Kier alpha value is -2.08. The highest BCUT2D eigenvalue weighted by Crippen LogP contribution is 2.28. The summed E-state index contributed by atoms with van der Waals surface area (Å²) < 4.78 is 15.0. The molecule has 0 bridgehead atoms. The van der Waals surface area contributed by atoms with Crippen LogP contribution in [0.2, 0.25) is 0 Å². The molecule has 0 spiro atoms. The summed E-state index contributed by atoms with van der Waals surface area (Å²) in [6.07, 6.45) is 2.58. The molecule has 2 aromatic heterocycles. The molecule has 1 N–H and O–H groups in total. The summed E-state index contributed by atoms with van der Waals surface area (Å²) in [5, 5.41) is 12.3. The van der Waals surface area contributed by atoms with Crippen LogP contribution in [0.3, 0.4) is 0 Å². The summed E-state index contributed by atoms with van der Waals surface area (Å²) in [6.45, 7) is 0.311. The summed E-state index contributed by atoms with van der Waals surface area (Å²) in [4.78, 5) is 10.9. The number of aromatic nitrogens is 1. The quantitative estimate of drug-likeness (QED) is 0.850. The SMILES string of the molecule is COCc1ccoc1-c1oncc1C(=O)O. The van der Waals surface area contributed by atoms with Gasteiger partial charge in [0.1, 0.15) is 5.56 Å². The molecular weight excluding hydrogens is 214 g/mol. The minimum Gasteiger partial charge on any atom is -0.477 e. The molecule has 0 amide bonds. The predicted octanol–water partition coefficient (Wildman–Crippen LogP) is 1.78. The summed E-state index contributed by atoms with van der Waals surface area (Å²) in [5.41, 5.74) is 0.675. The maximum absolute atomic E-state index is 10.9. The van der Waals surface area contributed by atoms with Crippen molar-refractivity contribution in [2.24, 2.45) is 0 Å². The van der Waals surface area contributed by atoms with Crippen molar-refractivity contribution in [1.29, 1.82) is 0 Å². The molecule has 0 atom stereocenters. The number of nitrogens with zero attached hydrogens (tertiary/aromatic N) is 1. The third-order valence-electron chi connectivity index (χ3n) is 2.05. The largest absolute Gasteiger partial charge is 0.477 e. The number of ether oxygens (including phenoxy) is 1. The van der Waals surface area contributed by atoms with Crippen molar-refractivity contribution in [2.45, 2.75) is 6.61 Å². The average molecular weight is 223 g/mol. The molecule has 2 rings (SSSR count). The fourth-order valence-corrected chi connectivity index (χ4v) is 1.36. The van der Waals surface area contributed by atoms with Crippen LogP contribution in [0.1, 0.15) is 15.9 Å². The molecule has 0 saturated heterocycles. The molecule has 0 aliphatic carbocycles. The number of hydrogen-bond donors (Lipinski definition) is 1. The fraction of sp³-hybridized carbons (Fsp3) is 0.200. The molecule has 0 aromatic carbocycles. The topological polar surface area (TPSA) is 85.7 Å². The lowest BCUT2D eigenvalue weighted by Crippen LogP contribution is -1.97. The Balaban J connectivity index is 2.46. The molecule has 2 aromatic rings. The summed E-state index contributed by atoms with van der Waals surface area (Å²) in [7, 11) is 1.54. The van der Waals surface area contributed by atoms with Gasteiger partial charge in [-0.15, -0.1) is 0 Å². The first-order valence-electron chi connectivity index (χ1n) is 4.47. The van der Waals surface area contributed by atoms with Crippen molar-refractivity contribution >= 4 is 5.97 Å². The molecule has 6 nitrogen and oxygen atoms in total. The van der Waals surface area contributed by atoms with E-state index in [1.807, 2.05) is 0 Å². The maximum Gasteiger partial charge on any atom is 0.341 e. The highest BCUT2D eigenvalue weighted by molar-refractivity contribution is 5.93. The van der Waals surface area contributed by atoms with Crippen LogP contribution in [0.4, 0.5) is 0 Å². The average Bonchev–Trinajstić information content (AvgIpc) is 2.83. The Morgan fingerprint density at radius 3 is 3.06 bits per heavy atom. The molecule has 0 aliphatic rings. The molecule has 6 heteroatoms. The minimum absolute atomic E-state index is 0.0349. The van der Waals surface area contributed by atoms with Crippen LogP contribution in [0.25, 0.3) is 11.5 Å². The number of rotatable bonds is 4. The van der Waals surface area contributed by atoms with Crippen molar-refractivity contribution in [3.05, 3.63) is 29.7 Å². The number of aromatic carboxylic acids is 1. The van der Waals surface area contributed by atoms with Crippen LogP contribution < -0.4 is 0 Å². The number of hydrogen-bond acceptors (Lipinski definition) is 5. The monoisotopic (exact) mass is 223 g/mol. The number of methoxy groups -OCH3 is 1. The summed E-state index contributed by atoms with van der Waals surface area (Å²) in [5.74, 6) is -0.683. The van der Waals surface area contributed by atoms with E-state index in [0.717, 1.165) is 6.20 Å². The van der Waals surface area contributed by atoms with Gasteiger partial charge in [-0.3, -0.25) is 0 Å². The van der Waals surface area contributed by atoms with Crippen molar-refractivity contribution in [1.82, 2.24) is 5.16 Å². The third-order valence-corrected chi connectivity index (χ3v) is 2.05. The molecule has 84 valence electrons. The lowest BCUT2D eigenvalue weighted by Gasteiger charge is -1.98. The standard InChI is InChI=1S/C10H9NO5/c1-14-5-6-2-3-15-8(6)9-7(10(12)13)4-11-16-9/h2-4H,5H2,1H3,(H,12,13). The Kier molecular flexibility index (Phi) is 2.74. The normalized spacial score (nSPS) is 10.6. The van der Waals surface area contributed by atoms with Crippen molar-refractivity contribution in [2.75, 3.05) is 7.11 Å². The smallest absolute Gasteiger partial charge is 0.341 e. The predicted molar refractivity (Wildman–Crippen MR) is 51.9 cm³/mol. The van der Waals surface area contributed by atoms with Gasteiger partial charge in [-0.25, -0.2) is 4.79 Å². The van der Waals surface area contributed by atoms with Crippen LogP contribution in [0.5, 0.6) is 0 Å². The first-order chi connectivity index (χ1) is 7.74. The van der Waals surface area contributed by atoms with Crippen LogP contribution in [0.15, 0.2) is 27.5 Å². The van der Waals surface area contributed by atoms with Crippen molar-refractivity contribution in [3.63, 3.8) is 0 Å². The molecular formula is C10H9NO5. The molecule has 0 unspecified atom stereocenters. The lowest BCUT2D eigenvalue weighted by molar-refractivity contribution is 0.0697. The second-order valence-corrected chi connectivity index (χ2v) is 3.08. The van der Waals surface area contributed by atoms with E-state index in [4.69, 9.17) is 18.8 Å². The van der Waals surface area contributed by atoms with Gasteiger partial charge in [-0.05, 0) is 6.07 Å². The van der Waals surface area contributed by atoms with E-state index < -0.39 is 5.97 Å². The Morgan fingerprint density at radius 2 is 2.38 bits per heavy atom. The first kappa shape index (κ1) is 10.4. The number of carboxylic acids is 1. The van der Waals surface area contributed by atoms with Gasteiger partial charge < -0.3 is 18.8 Å². The number of carbonyl (C=O) groups is 1. The molecule has 0 fully saturated rings. The van der Waals surface area contributed by atoms with Crippen molar-refractivity contribution in [3.8, 4) is 11.5 Å². The molecule has 0 aliphatic heterocycles. The van der Waals surface area contributed by atoms with Gasteiger partial charge in [0.15, 0.2) is 5.76 Å². The van der Waals surface area contributed by atoms with Gasteiger partial charge in [-0.1, -0.05) is 5.16 Å². The van der Waals surface area contributed by atoms with E-state index in [1.165, 1.54) is 13.4 Å². The molecule has 2 heterocycles. The Labute approximate surface area is 90.4 Å². The van der Waals surface area contributed by atoms with Crippen LogP contribution >= 0.6 is 0 Å². The molecule has 0 radical (unpaired) electrons. The van der Waals surface area contributed by atoms with E-state index >= 15 is 0 Å². The zero-order valence-electron chi connectivity index (χ0n) is 8.47. The molecule has 0 saturated carbocycles. The first-order valence-corrected chi connectivity index (χ1v) is 4.47. The van der Waals surface area contributed by atoms with Gasteiger partial charge >= 0.3 is 5.97 Å². The van der Waals surface area contributed by atoms with Crippen molar-refractivity contribution < 1.29 is 23.6 Å². The van der Waals surface area contributed by atoms with Gasteiger partial charge in [0.25, 0.3) is 0 Å². The zero-order valence-corrected chi connectivity index (χ0v) is 8.47. The summed E-state index contributed by atoms with van der Waals surface area (Å²) in [6, 6.07) is 1.69. The highest BCUT2D eigenvalue weighted by atomic mass is 16.5. The third kappa shape index (κ3) is 1.70. The van der Waals surface area contributed by atoms with E-state index in [9.17, 15) is 4.79 Å². The molecule has 16 heavy (non-hydrogen) atoms. The van der Waals surface area contributed by atoms with Gasteiger partial charge in [0.05, 0.1) is 19.1 Å². The van der Waals surface area contributed by atoms with Crippen LogP contribution in [-0.2, 0) is 11.3 Å². The van der Waals surface area contributed by atoms with E-state index in [1.54, 1.807) is 6.07 Å². The van der Waals surface area contributed by atoms with E-state index in [0.29, 0.717) is 17.9 Å². The maximum atomic E-state index is 10.9. The minimum atomic E-state index is -1.11. The number of furan rings is 1. The van der Waals surface area contributed by atoms with Crippen LogP contribution in [0, 0.1) is 0 Å². The van der Waals surface area contributed by atoms with Crippen LogP contribution in [-0.4, -0.2) is 23.3 Å². The summed E-state index contributed by atoms with van der Waals surface area (Å²) >= 11 is 0. The fourth-order valence-electron chi connectivity index (χ4n) is 1.36. The Bertz CT molecular complexity index is 499. The zero-order chi connectivity index (χ0) is 11.5.